The molecule has 0 saturated carbocycles. The van der Waals surface area contributed by atoms with Crippen molar-refractivity contribution in [2.24, 2.45) is 0 Å². The number of nitrogens with one attached hydrogen (secondary N) is 1. The van der Waals surface area contributed by atoms with Gasteiger partial charge in [0.25, 0.3) is 0 Å². The van der Waals surface area contributed by atoms with E-state index < -0.39 is 11.7 Å². The molecule has 1 heterocycles. The lowest BCUT2D eigenvalue weighted by Gasteiger charge is -2.09. The molecule has 0 unspecified atom stereocenters. The summed E-state index contributed by atoms with van der Waals surface area (Å²) >= 11 is 0. The molecule has 0 aliphatic carbocycles. The Morgan fingerprint density at radius 3 is 2.48 bits per heavy atom. The average Bonchev–Trinajstić information content (AvgIpc) is 2.88. The molecule has 3 N–H and O–H groups in total. The van der Waals surface area contributed by atoms with Gasteiger partial charge in [-0.05, 0) is 42.0 Å². The molecule has 120 valence electrons. The summed E-state index contributed by atoms with van der Waals surface area (Å²) < 4.78 is 42.9. The van der Waals surface area contributed by atoms with Crippen LogP contribution in [0.1, 0.15) is 11.1 Å². The Bertz CT molecular complexity index is 807. The molecule has 0 aliphatic rings. The summed E-state index contributed by atoms with van der Waals surface area (Å²) in [7, 11) is 0. The molecule has 1 aromatic heterocycles. The number of fused-ring (bicyclic) bond motifs is 1. The van der Waals surface area contributed by atoms with Crippen LogP contribution in [-0.4, -0.2) is 11.6 Å². The average molecular weight is 320 g/mol. The lowest BCUT2D eigenvalue weighted by atomic mass is 10.1. The van der Waals surface area contributed by atoms with Crippen molar-refractivity contribution in [3.63, 3.8) is 0 Å². The van der Waals surface area contributed by atoms with Crippen molar-refractivity contribution < 1.29 is 17.9 Å². The highest BCUT2D eigenvalue weighted by molar-refractivity contribution is 5.91. The first kappa shape index (κ1) is 15.3. The molecule has 0 radical (unpaired) electrons. The van der Waals surface area contributed by atoms with Gasteiger partial charge in [-0.3, -0.25) is 0 Å². The summed E-state index contributed by atoms with van der Waals surface area (Å²) in [5.74, 6) is 0.417. The fourth-order valence-corrected chi connectivity index (χ4v) is 2.37. The number of rotatable bonds is 4. The monoisotopic (exact) mass is 320 g/mol. The predicted octanol–water partition coefficient (Wildman–Crippen LogP) is 4.39. The van der Waals surface area contributed by atoms with E-state index in [1.165, 1.54) is 12.1 Å². The highest BCUT2D eigenvalue weighted by Gasteiger charge is 2.29. The second-order valence-electron chi connectivity index (χ2n) is 5.24. The van der Waals surface area contributed by atoms with Crippen molar-refractivity contribution in [2.45, 2.75) is 12.6 Å². The van der Waals surface area contributed by atoms with Crippen LogP contribution < -0.4 is 10.5 Å². The number of benzene rings is 2. The summed E-state index contributed by atoms with van der Waals surface area (Å²) in [6.07, 6.45) is -1.95. The molecule has 3 aromatic rings. The van der Waals surface area contributed by atoms with E-state index >= 15 is 0 Å². The molecule has 2 aromatic carbocycles. The third kappa shape index (κ3) is 3.41. The van der Waals surface area contributed by atoms with Gasteiger partial charge in [-0.15, -0.1) is 0 Å². The maximum absolute atomic E-state index is 12.5. The quantitative estimate of drug-likeness (QED) is 0.749. The summed E-state index contributed by atoms with van der Waals surface area (Å²) in [5, 5.41) is 0.956. The molecule has 23 heavy (non-hydrogen) atoms. The molecule has 3 rings (SSSR count). The smallest absolute Gasteiger partial charge is 0.416 e. The van der Waals surface area contributed by atoms with Crippen LogP contribution in [0.25, 0.3) is 10.9 Å². The lowest BCUT2D eigenvalue weighted by Crippen LogP contribution is -2.05. The van der Waals surface area contributed by atoms with Gasteiger partial charge in [-0.25, -0.2) is 0 Å². The first-order chi connectivity index (χ1) is 10.9. The van der Waals surface area contributed by atoms with Gasteiger partial charge in [0.2, 0.25) is 0 Å². The van der Waals surface area contributed by atoms with Gasteiger partial charge in [0.05, 0.1) is 17.9 Å². The van der Waals surface area contributed by atoms with Crippen LogP contribution in [0.3, 0.4) is 0 Å². The molecule has 0 saturated heterocycles. The number of hydrogen-bond acceptors (Lipinski definition) is 2. The predicted molar refractivity (Wildman–Crippen MR) is 83.4 cm³/mol. The van der Waals surface area contributed by atoms with E-state index in [0.29, 0.717) is 24.5 Å². The number of anilines is 1. The number of nitrogens with two attached hydrogens (primary N) is 1. The normalized spacial score (nSPS) is 11.8. The molecule has 0 fully saturated rings. The SMILES string of the molecule is Nc1c[nH]c2ccc(CCOc3ccc(C(F)(F)F)cc3)cc12. The fourth-order valence-electron chi connectivity index (χ4n) is 2.37. The van der Waals surface area contributed by atoms with Crippen LogP contribution >= 0.6 is 0 Å². The van der Waals surface area contributed by atoms with E-state index in [1.807, 2.05) is 18.2 Å². The maximum Gasteiger partial charge on any atom is 0.416 e. The van der Waals surface area contributed by atoms with E-state index in [-0.39, 0.29) is 0 Å². The summed E-state index contributed by atoms with van der Waals surface area (Å²) in [4.78, 5) is 3.07. The maximum atomic E-state index is 12.5. The highest BCUT2D eigenvalue weighted by atomic mass is 19.4. The molecule has 0 spiro atoms. The number of alkyl halides is 3. The lowest BCUT2D eigenvalue weighted by molar-refractivity contribution is -0.137. The van der Waals surface area contributed by atoms with Crippen molar-refractivity contribution >= 4 is 16.6 Å². The Hall–Kier alpha value is -2.63. The molecule has 0 amide bonds. The Balaban J connectivity index is 1.61. The van der Waals surface area contributed by atoms with Crippen LogP contribution in [0, 0.1) is 0 Å². The molecular formula is C17H15F3N2O. The van der Waals surface area contributed by atoms with E-state index in [4.69, 9.17) is 10.5 Å². The minimum atomic E-state index is -4.33. The first-order valence-electron chi connectivity index (χ1n) is 7.09. The number of H-pyrrole nitrogens is 1. The minimum Gasteiger partial charge on any atom is -0.493 e. The second kappa shape index (κ2) is 5.87. The number of ether oxygens (including phenoxy) is 1. The van der Waals surface area contributed by atoms with Crippen molar-refractivity contribution in [3.8, 4) is 5.75 Å². The van der Waals surface area contributed by atoms with Gasteiger partial charge in [-0.1, -0.05) is 6.07 Å². The number of hydrogen-bond donors (Lipinski definition) is 2. The number of halogens is 3. The molecular weight excluding hydrogens is 305 g/mol. The van der Waals surface area contributed by atoms with Crippen LogP contribution in [0.4, 0.5) is 18.9 Å². The standard InChI is InChI=1S/C17H15F3N2O/c18-17(19,20)12-2-4-13(5-3-12)23-8-7-11-1-6-16-14(9-11)15(21)10-22-16/h1-6,9-10,22H,7-8,21H2. The Morgan fingerprint density at radius 2 is 1.78 bits per heavy atom. The van der Waals surface area contributed by atoms with Crippen molar-refractivity contribution in [1.29, 1.82) is 0 Å². The molecule has 0 bridgehead atoms. The van der Waals surface area contributed by atoms with Gasteiger partial charge in [0.15, 0.2) is 0 Å². The summed E-state index contributed by atoms with van der Waals surface area (Å²) in [5.41, 5.74) is 7.88. The van der Waals surface area contributed by atoms with Gasteiger partial charge in [-0.2, -0.15) is 13.2 Å². The number of aromatic amines is 1. The van der Waals surface area contributed by atoms with E-state index in [1.54, 1.807) is 6.20 Å². The largest absolute Gasteiger partial charge is 0.493 e. The molecule has 0 atom stereocenters. The number of aromatic nitrogens is 1. The minimum absolute atomic E-state index is 0.376. The zero-order chi connectivity index (χ0) is 16.4. The number of nitrogen functional groups attached to an aromatic ring is 1. The van der Waals surface area contributed by atoms with E-state index in [9.17, 15) is 13.2 Å². The van der Waals surface area contributed by atoms with Crippen LogP contribution in [0.15, 0.2) is 48.7 Å². The van der Waals surface area contributed by atoms with Gasteiger partial charge in [0, 0.05) is 23.5 Å². The van der Waals surface area contributed by atoms with Gasteiger partial charge in [0.1, 0.15) is 5.75 Å². The molecule has 6 heteroatoms. The fraction of sp³-hybridized carbons (Fsp3) is 0.176. The third-order valence-corrected chi connectivity index (χ3v) is 3.62. The van der Waals surface area contributed by atoms with Crippen LogP contribution in [0.2, 0.25) is 0 Å². The molecule has 3 nitrogen and oxygen atoms in total. The Morgan fingerprint density at radius 1 is 1.04 bits per heavy atom. The van der Waals surface area contributed by atoms with Crippen molar-refractivity contribution in [1.82, 2.24) is 4.98 Å². The van der Waals surface area contributed by atoms with Crippen molar-refractivity contribution in [2.75, 3.05) is 12.3 Å². The first-order valence-corrected chi connectivity index (χ1v) is 7.09. The Labute approximate surface area is 130 Å². The Kier molecular flexibility index (Phi) is 3.90. The van der Waals surface area contributed by atoms with Gasteiger partial charge >= 0.3 is 6.18 Å². The van der Waals surface area contributed by atoms with Crippen molar-refractivity contribution in [3.05, 3.63) is 59.8 Å². The summed E-state index contributed by atoms with van der Waals surface area (Å²) in [6.45, 7) is 0.376. The van der Waals surface area contributed by atoms with Crippen LogP contribution in [0.5, 0.6) is 5.75 Å². The third-order valence-electron chi connectivity index (χ3n) is 3.62. The van der Waals surface area contributed by atoms with Gasteiger partial charge < -0.3 is 15.5 Å². The zero-order valence-corrected chi connectivity index (χ0v) is 12.2. The van der Waals surface area contributed by atoms with E-state index in [2.05, 4.69) is 4.98 Å². The summed E-state index contributed by atoms with van der Waals surface area (Å²) in [6, 6.07) is 10.6. The zero-order valence-electron chi connectivity index (χ0n) is 12.2. The molecule has 0 aliphatic heterocycles. The van der Waals surface area contributed by atoms with E-state index in [0.717, 1.165) is 28.6 Å². The second-order valence-corrected chi connectivity index (χ2v) is 5.24. The van der Waals surface area contributed by atoms with Crippen LogP contribution in [-0.2, 0) is 12.6 Å². The highest BCUT2D eigenvalue weighted by Crippen LogP contribution is 2.30. The topological polar surface area (TPSA) is 51.0 Å².